The number of benzene rings is 1. The molecule has 2 aromatic heterocycles. The fraction of sp³-hybridized carbons (Fsp3) is 0.118. The van der Waals surface area contributed by atoms with Crippen LogP contribution in [0.5, 0.6) is 0 Å². The van der Waals surface area contributed by atoms with E-state index in [0.717, 1.165) is 15.9 Å². The highest BCUT2D eigenvalue weighted by Gasteiger charge is 2.17. The van der Waals surface area contributed by atoms with E-state index in [2.05, 4.69) is 10.3 Å². The number of pyridine rings is 1. The molecular formula is C17H15N3O2S. The molecule has 5 nitrogen and oxygen atoms in total. The van der Waals surface area contributed by atoms with Gasteiger partial charge in [-0.25, -0.2) is 4.98 Å². The van der Waals surface area contributed by atoms with Gasteiger partial charge in [-0.3, -0.25) is 9.59 Å². The fourth-order valence-corrected chi connectivity index (χ4v) is 3.30. The van der Waals surface area contributed by atoms with E-state index in [1.54, 1.807) is 24.3 Å². The number of amides is 1. The van der Waals surface area contributed by atoms with Crippen LogP contribution in [0.2, 0.25) is 0 Å². The highest BCUT2D eigenvalue weighted by molar-refractivity contribution is 7.21. The Balaban J connectivity index is 1.93. The van der Waals surface area contributed by atoms with Crippen LogP contribution in [0, 0.1) is 6.92 Å². The Morgan fingerprint density at radius 3 is 2.74 bits per heavy atom. The van der Waals surface area contributed by atoms with Crippen molar-refractivity contribution in [2.75, 3.05) is 11.1 Å². The first kappa shape index (κ1) is 15.2. The van der Waals surface area contributed by atoms with E-state index in [0.29, 0.717) is 21.8 Å². The second-order valence-electron chi connectivity index (χ2n) is 5.24. The molecule has 0 unspecified atom stereocenters. The molecule has 0 spiro atoms. The summed E-state index contributed by atoms with van der Waals surface area (Å²) >= 11 is 1.26. The highest BCUT2D eigenvalue weighted by atomic mass is 32.1. The molecule has 0 radical (unpaired) electrons. The first-order valence-corrected chi connectivity index (χ1v) is 7.85. The van der Waals surface area contributed by atoms with Gasteiger partial charge in [0.05, 0.1) is 5.69 Å². The number of hydrogen-bond acceptors (Lipinski definition) is 5. The minimum absolute atomic E-state index is 0.0536. The Kier molecular flexibility index (Phi) is 3.83. The molecule has 6 heteroatoms. The van der Waals surface area contributed by atoms with E-state index in [1.165, 1.54) is 18.3 Å². The number of nitrogens with one attached hydrogen (secondary N) is 1. The van der Waals surface area contributed by atoms with Crippen LogP contribution in [0.4, 0.5) is 11.4 Å². The van der Waals surface area contributed by atoms with Crippen molar-refractivity contribution < 1.29 is 9.59 Å². The van der Waals surface area contributed by atoms with Crippen molar-refractivity contribution >= 4 is 44.6 Å². The predicted molar refractivity (Wildman–Crippen MR) is 93.2 cm³/mol. The Morgan fingerprint density at radius 2 is 2.00 bits per heavy atom. The number of nitrogens with zero attached hydrogens (tertiary/aromatic N) is 1. The normalized spacial score (nSPS) is 10.7. The first-order valence-electron chi connectivity index (χ1n) is 7.03. The van der Waals surface area contributed by atoms with E-state index < -0.39 is 0 Å². The lowest BCUT2D eigenvalue weighted by Gasteiger charge is -2.05. The number of rotatable bonds is 3. The van der Waals surface area contributed by atoms with Crippen molar-refractivity contribution in [1.82, 2.24) is 4.98 Å². The third-order valence-corrected chi connectivity index (χ3v) is 4.58. The van der Waals surface area contributed by atoms with Gasteiger partial charge in [0.1, 0.15) is 9.71 Å². The van der Waals surface area contributed by atoms with Crippen molar-refractivity contribution in [3.8, 4) is 0 Å². The van der Waals surface area contributed by atoms with Gasteiger partial charge in [0.15, 0.2) is 5.78 Å². The van der Waals surface area contributed by atoms with Crippen molar-refractivity contribution in [3.63, 3.8) is 0 Å². The van der Waals surface area contributed by atoms with Gasteiger partial charge in [0, 0.05) is 22.3 Å². The van der Waals surface area contributed by atoms with Crippen LogP contribution in [-0.2, 0) is 0 Å². The number of aromatic nitrogens is 1. The predicted octanol–water partition coefficient (Wildman–Crippen LogP) is 3.64. The third-order valence-electron chi connectivity index (χ3n) is 3.47. The van der Waals surface area contributed by atoms with Gasteiger partial charge in [0.2, 0.25) is 0 Å². The minimum Gasteiger partial charge on any atom is -0.397 e. The van der Waals surface area contributed by atoms with Gasteiger partial charge in [-0.15, -0.1) is 11.3 Å². The number of fused-ring (bicyclic) bond motifs is 1. The van der Waals surface area contributed by atoms with Gasteiger partial charge in [0.25, 0.3) is 5.91 Å². The smallest absolute Gasteiger partial charge is 0.267 e. The molecule has 3 aromatic rings. The van der Waals surface area contributed by atoms with Crippen LogP contribution in [0.3, 0.4) is 0 Å². The van der Waals surface area contributed by atoms with Crippen LogP contribution in [0.1, 0.15) is 32.6 Å². The van der Waals surface area contributed by atoms with Gasteiger partial charge in [-0.1, -0.05) is 12.1 Å². The Morgan fingerprint density at radius 1 is 1.22 bits per heavy atom. The first-order chi connectivity index (χ1) is 11.0. The lowest BCUT2D eigenvalue weighted by molar-refractivity contribution is 0.101. The Bertz CT molecular complexity index is 931. The molecule has 3 N–H and O–H groups in total. The maximum atomic E-state index is 12.5. The maximum absolute atomic E-state index is 12.5. The summed E-state index contributed by atoms with van der Waals surface area (Å²) in [6.07, 6.45) is 0. The van der Waals surface area contributed by atoms with Gasteiger partial charge in [-0.05, 0) is 38.1 Å². The second-order valence-corrected chi connectivity index (χ2v) is 6.24. The molecule has 0 bridgehead atoms. The molecule has 0 atom stereocenters. The van der Waals surface area contributed by atoms with Gasteiger partial charge < -0.3 is 11.1 Å². The number of anilines is 2. The molecule has 0 aliphatic rings. The standard InChI is InChI=1S/C17H15N3O2S/c1-9-6-7-13-14(18)15(23-17(13)19-9)16(22)20-12-5-3-4-11(8-12)10(2)21/h3-8H,18H2,1-2H3,(H,20,22). The van der Waals surface area contributed by atoms with Crippen LogP contribution < -0.4 is 11.1 Å². The molecule has 23 heavy (non-hydrogen) atoms. The average Bonchev–Trinajstić information content (AvgIpc) is 2.84. The summed E-state index contributed by atoms with van der Waals surface area (Å²) in [6.45, 7) is 3.38. The number of carbonyl (C=O) groups is 2. The van der Waals surface area contributed by atoms with E-state index >= 15 is 0 Å². The molecule has 0 saturated heterocycles. The number of hydrogen-bond donors (Lipinski definition) is 2. The lowest BCUT2D eigenvalue weighted by Crippen LogP contribution is -2.12. The van der Waals surface area contributed by atoms with Crippen LogP contribution >= 0.6 is 11.3 Å². The van der Waals surface area contributed by atoms with E-state index in [1.807, 2.05) is 19.1 Å². The SMILES string of the molecule is CC(=O)c1cccc(NC(=O)c2sc3nc(C)ccc3c2N)c1. The molecule has 0 aliphatic carbocycles. The number of ketones is 1. The molecule has 0 aliphatic heterocycles. The molecule has 1 amide bonds. The van der Waals surface area contributed by atoms with Crippen molar-refractivity contribution in [2.24, 2.45) is 0 Å². The summed E-state index contributed by atoms with van der Waals surface area (Å²) in [7, 11) is 0. The van der Waals surface area contributed by atoms with Gasteiger partial charge in [-0.2, -0.15) is 0 Å². The Hall–Kier alpha value is -2.73. The Labute approximate surface area is 137 Å². The summed E-state index contributed by atoms with van der Waals surface area (Å²) in [4.78, 5) is 29.5. The molecule has 1 aromatic carbocycles. The van der Waals surface area contributed by atoms with E-state index in [9.17, 15) is 9.59 Å². The second kappa shape index (κ2) is 5.81. The number of aryl methyl sites for hydroxylation is 1. The molecule has 3 rings (SSSR count). The number of Topliss-reactive ketones (excluding diaryl/α,β-unsaturated/α-hetero) is 1. The summed E-state index contributed by atoms with van der Waals surface area (Å²) in [5, 5.41) is 3.56. The number of nitrogens with two attached hydrogens (primary N) is 1. The van der Waals surface area contributed by atoms with Crippen molar-refractivity contribution in [2.45, 2.75) is 13.8 Å². The molecule has 0 fully saturated rings. The zero-order valence-electron chi connectivity index (χ0n) is 12.7. The molecule has 116 valence electrons. The monoisotopic (exact) mass is 325 g/mol. The summed E-state index contributed by atoms with van der Waals surface area (Å²) in [5.74, 6) is -0.356. The molecule has 0 saturated carbocycles. The number of thiophene rings is 1. The molecule has 2 heterocycles. The maximum Gasteiger partial charge on any atom is 0.267 e. The van der Waals surface area contributed by atoms with E-state index in [4.69, 9.17) is 5.73 Å². The van der Waals surface area contributed by atoms with Crippen LogP contribution in [0.25, 0.3) is 10.2 Å². The van der Waals surface area contributed by atoms with Crippen LogP contribution in [0.15, 0.2) is 36.4 Å². The summed E-state index contributed by atoms with van der Waals surface area (Å²) < 4.78 is 0. The topological polar surface area (TPSA) is 85.1 Å². The zero-order chi connectivity index (χ0) is 16.6. The third kappa shape index (κ3) is 2.93. The lowest BCUT2D eigenvalue weighted by atomic mass is 10.1. The highest BCUT2D eigenvalue weighted by Crippen LogP contribution is 2.33. The number of carbonyl (C=O) groups excluding carboxylic acids is 2. The fourth-order valence-electron chi connectivity index (χ4n) is 2.26. The quantitative estimate of drug-likeness (QED) is 0.720. The zero-order valence-corrected chi connectivity index (χ0v) is 13.5. The summed E-state index contributed by atoms with van der Waals surface area (Å²) in [5.41, 5.74) is 8.49. The van der Waals surface area contributed by atoms with Crippen molar-refractivity contribution in [1.29, 1.82) is 0 Å². The van der Waals surface area contributed by atoms with Crippen LogP contribution in [-0.4, -0.2) is 16.7 Å². The minimum atomic E-state index is -0.302. The largest absolute Gasteiger partial charge is 0.397 e. The summed E-state index contributed by atoms with van der Waals surface area (Å²) in [6, 6.07) is 10.5. The number of nitrogen functional groups attached to an aromatic ring is 1. The average molecular weight is 325 g/mol. The van der Waals surface area contributed by atoms with Crippen molar-refractivity contribution in [3.05, 3.63) is 52.5 Å². The van der Waals surface area contributed by atoms with E-state index in [-0.39, 0.29) is 11.7 Å². The molecular weight excluding hydrogens is 310 g/mol. The van der Waals surface area contributed by atoms with Gasteiger partial charge >= 0.3 is 0 Å².